The summed E-state index contributed by atoms with van der Waals surface area (Å²) in [6.07, 6.45) is 10.4. The van der Waals surface area contributed by atoms with Gasteiger partial charge in [-0.15, -0.1) is 0 Å². The molecule has 0 aromatic heterocycles. The smallest absolute Gasteiger partial charge is 0.242 e. The lowest BCUT2D eigenvalue weighted by Crippen LogP contribution is -2.55. The molecule has 98 valence electrons. The van der Waals surface area contributed by atoms with Crippen LogP contribution in [0.1, 0.15) is 57.8 Å². The van der Waals surface area contributed by atoms with Crippen LogP contribution in [0.3, 0.4) is 0 Å². The first kappa shape index (κ1) is 12.9. The van der Waals surface area contributed by atoms with Crippen molar-refractivity contribution in [3.8, 4) is 0 Å². The van der Waals surface area contributed by atoms with Crippen LogP contribution in [-0.2, 0) is 4.79 Å². The largest absolute Gasteiger partial charge is 0.344 e. The van der Waals surface area contributed by atoms with Gasteiger partial charge in [0.05, 0.1) is 5.54 Å². The van der Waals surface area contributed by atoms with Crippen LogP contribution in [0.15, 0.2) is 0 Å². The van der Waals surface area contributed by atoms with Crippen LogP contribution in [-0.4, -0.2) is 29.9 Å². The molecule has 0 unspecified atom stereocenters. The molecule has 0 aliphatic heterocycles. The van der Waals surface area contributed by atoms with Crippen molar-refractivity contribution in [1.82, 2.24) is 4.90 Å². The maximum atomic E-state index is 12.4. The van der Waals surface area contributed by atoms with Crippen LogP contribution in [0.4, 0.5) is 0 Å². The molecule has 2 N–H and O–H groups in total. The normalized spacial score (nSPS) is 24.8. The molecule has 2 fully saturated rings. The third-order valence-corrected chi connectivity index (χ3v) is 4.53. The van der Waals surface area contributed by atoms with Crippen LogP contribution in [0.25, 0.3) is 0 Å². The Morgan fingerprint density at radius 1 is 1.18 bits per heavy atom. The lowest BCUT2D eigenvalue weighted by atomic mass is 9.81. The zero-order valence-corrected chi connectivity index (χ0v) is 11.1. The molecular weight excluding hydrogens is 212 g/mol. The van der Waals surface area contributed by atoms with Crippen LogP contribution >= 0.6 is 0 Å². The maximum Gasteiger partial charge on any atom is 0.242 e. The quantitative estimate of drug-likeness (QED) is 0.820. The van der Waals surface area contributed by atoms with Crippen molar-refractivity contribution in [2.45, 2.75) is 63.3 Å². The molecule has 0 aromatic rings. The van der Waals surface area contributed by atoms with Gasteiger partial charge >= 0.3 is 0 Å². The summed E-state index contributed by atoms with van der Waals surface area (Å²) in [7, 11) is 1.93. The van der Waals surface area contributed by atoms with Gasteiger partial charge in [-0.1, -0.05) is 32.1 Å². The van der Waals surface area contributed by atoms with E-state index in [1.54, 1.807) is 0 Å². The van der Waals surface area contributed by atoms with Gasteiger partial charge in [-0.25, -0.2) is 0 Å². The lowest BCUT2D eigenvalue weighted by molar-refractivity contribution is -0.137. The third-order valence-electron chi connectivity index (χ3n) is 4.53. The molecule has 0 atom stereocenters. The van der Waals surface area contributed by atoms with Gasteiger partial charge in [-0.3, -0.25) is 4.79 Å². The summed E-state index contributed by atoms with van der Waals surface area (Å²) in [4.78, 5) is 14.3. The number of hydrogen-bond acceptors (Lipinski definition) is 2. The van der Waals surface area contributed by atoms with E-state index in [9.17, 15) is 4.79 Å². The lowest BCUT2D eigenvalue weighted by Gasteiger charge is -2.36. The molecule has 0 heterocycles. The Kier molecular flexibility index (Phi) is 4.08. The standard InChI is InChI=1S/C14H26N2O/c1-16(11-12-7-3-4-8-12)13(17)14(15)9-5-2-6-10-14/h12H,2-11,15H2,1H3. The zero-order valence-electron chi connectivity index (χ0n) is 11.1. The first-order valence-corrected chi connectivity index (χ1v) is 7.16. The molecule has 2 aliphatic carbocycles. The summed E-state index contributed by atoms with van der Waals surface area (Å²) < 4.78 is 0. The number of carbonyl (C=O) groups is 1. The Morgan fingerprint density at radius 3 is 2.35 bits per heavy atom. The van der Waals surface area contributed by atoms with E-state index >= 15 is 0 Å². The van der Waals surface area contributed by atoms with Gasteiger partial charge in [0.1, 0.15) is 0 Å². The monoisotopic (exact) mass is 238 g/mol. The Morgan fingerprint density at radius 2 is 1.76 bits per heavy atom. The summed E-state index contributed by atoms with van der Waals surface area (Å²) >= 11 is 0. The van der Waals surface area contributed by atoms with Gasteiger partial charge in [0.25, 0.3) is 0 Å². The van der Waals surface area contributed by atoms with Crippen molar-refractivity contribution in [2.75, 3.05) is 13.6 Å². The highest BCUT2D eigenvalue weighted by atomic mass is 16.2. The number of likely N-dealkylation sites (N-methyl/N-ethyl adjacent to an activating group) is 1. The average molecular weight is 238 g/mol. The molecule has 0 spiro atoms. The number of rotatable bonds is 3. The van der Waals surface area contributed by atoms with E-state index in [4.69, 9.17) is 5.73 Å². The summed E-state index contributed by atoms with van der Waals surface area (Å²) in [5.74, 6) is 0.903. The molecule has 0 aromatic carbocycles. The summed E-state index contributed by atoms with van der Waals surface area (Å²) in [5.41, 5.74) is 5.74. The number of nitrogens with zero attached hydrogens (tertiary/aromatic N) is 1. The maximum absolute atomic E-state index is 12.4. The fraction of sp³-hybridized carbons (Fsp3) is 0.929. The molecule has 2 rings (SSSR count). The van der Waals surface area contributed by atoms with E-state index in [0.29, 0.717) is 0 Å². The topological polar surface area (TPSA) is 46.3 Å². The van der Waals surface area contributed by atoms with Gasteiger partial charge in [-0.2, -0.15) is 0 Å². The van der Waals surface area contributed by atoms with Crippen molar-refractivity contribution < 1.29 is 4.79 Å². The predicted molar refractivity (Wildman–Crippen MR) is 69.6 cm³/mol. The Balaban J connectivity index is 1.88. The van der Waals surface area contributed by atoms with Crippen LogP contribution in [0.5, 0.6) is 0 Å². The first-order chi connectivity index (χ1) is 8.12. The summed E-state index contributed by atoms with van der Waals surface area (Å²) in [6, 6.07) is 0. The van der Waals surface area contributed by atoms with Gasteiger partial charge in [0, 0.05) is 13.6 Å². The van der Waals surface area contributed by atoms with Crippen molar-refractivity contribution in [3.05, 3.63) is 0 Å². The number of amides is 1. The summed E-state index contributed by atoms with van der Waals surface area (Å²) in [6.45, 7) is 0.914. The predicted octanol–water partition coefficient (Wildman–Crippen LogP) is 2.30. The van der Waals surface area contributed by atoms with Crippen molar-refractivity contribution in [3.63, 3.8) is 0 Å². The second kappa shape index (κ2) is 5.38. The SMILES string of the molecule is CN(CC1CCCC1)C(=O)C1(N)CCCCC1. The minimum absolute atomic E-state index is 0.184. The molecular formula is C14H26N2O. The molecule has 0 radical (unpaired) electrons. The molecule has 0 saturated heterocycles. The highest BCUT2D eigenvalue weighted by Crippen LogP contribution is 2.29. The zero-order chi connectivity index (χ0) is 12.3. The van der Waals surface area contributed by atoms with E-state index < -0.39 is 5.54 Å². The molecule has 3 nitrogen and oxygen atoms in total. The van der Waals surface area contributed by atoms with Gasteiger partial charge in [0.2, 0.25) is 5.91 Å². The third kappa shape index (κ3) is 3.01. The Hall–Kier alpha value is -0.570. The summed E-state index contributed by atoms with van der Waals surface area (Å²) in [5, 5.41) is 0. The first-order valence-electron chi connectivity index (χ1n) is 7.16. The minimum Gasteiger partial charge on any atom is -0.344 e. The molecule has 2 saturated carbocycles. The highest BCUT2D eigenvalue weighted by Gasteiger charge is 2.37. The molecule has 2 aliphatic rings. The van der Waals surface area contributed by atoms with Crippen LogP contribution < -0.4 is 5.73 Å². The van der Waals surface area contributed by atoms with Gasteiger partial charge in [0.15, 0.2) is 0 Å². The van der Waals surface area contributed by atoms with Crippen molar-refractivity contribution in [1.29, 1.82) is 0 Å². The van der Waals surface area contributed by atoms with Crippen LogP contribution in [0.2, 0.25) is 0 Å². The fourth-order valence-electron chi connectivity index (χ4n) is 3.44. The second-order valence-corrected chi connectivity index (χ2v) is 6.05. The van der Waals surface area contributed by atoms with Crippen molar-refractivity contribution >= 4 is 5.91 Å². The molecule has 0 bridgehead atoms. The van der Waals surface area contributed by atoms with Gasteiger partial charge < -0.3 is 10.6 Å². The minimum atomic E-state index is -0.550. The molecule has 17 heavy (non-hydrogen) atoms. The van der Waals surface area contributed by atoms with E-state index in [0.717, 1.165) is 38.1 Å². The highest BCUT2D eigenvalue weighted by molar-refractivity contribution is 5.86. The van der Waals surface area contributed by atoms with Crippen molar-refractivity contribution in [2.24, 2.45) is 11.7 Å². The van der Waals surface area contributed by atoms with Gasteiger partial charge in [-0.05, 0) is 31.6 Å². The number of nitrogens with two attached hydrogens (primary N) is 1. The number of carbonyl (C=O) groups excluding carboxylic acids is 1. The van der Waals surface area contributed by atoms with E-state index in [1.807, 2.05) is 11.9 Å². The molecule has 1 amide bonds. The van der Waals surface area contributed by atoms with E-state index in [1.165, 1.54) is 32.1 Å². The fourth-order valence-corrected chi connectivity index (χ4v) is 3.44. The van der Waals surface area contributed by atoms with Crippen LogP contribution in [0, 0.1) is 5.92 Å². The van der Waals surface area contributed by atoms with E-state index in [2.05, 4.69) is 0 Å². The second-order valence-electron chi connectivity index (χ2n) is 6.05. The average Bonchev–Trinajstić information content (AvgIpc) is 2.81. The Labute approximate surface area is 105 Å². The molecule has 3 heteroatoms. The number of hydrogen-bond donors (Lipinski definition) is 1. The Bertz CT molecular complexity index is 265. The van der Waals surface area contributed by atoms with E-state index in [-0.39, 0.29) is 5.91 Å².